The van der Waals surface area contributed by atoms with Gasteiger partial charge < -0.3 is 10.7 Å². The fourth-order valence-corrected chi connectivity index (χ4v) is 2.22. The number of nitrogens with one attached hydrogen (secondary N) is 1. The number of aromatic nitrogens is 1. The van der Waals surface area contributed by atoms with Crippen LogP contribution in [-0.2, 0) is 0 Å². The summed E-state index contributed by atoms with van der Waals surface area (Å²) >= 11 is 3.42. The zero-order chi connectivity index (χ0) is 14.1. The minimum atomic E-state index is 0.727. The van der Waals surface area contributed by atoms with E-state index in [1.807, 2.05) is 60.7 Å². The van der Waals surface area contributed by atoms with E-state index < -0.39 is 0 Å². The Morgan fingerprint density at radius 3 is 1.79 bits per heavy atom. The zero-order valence-electron chi connectivity index (χ0n) is 11.2. The molecule has 0 saturated carbocycles. The van der Waals surface area contributed by atoms with E-state index in [0.29, 0.717) is 0 Å². The summed E-state index contributed by atoms with van der Waals surface area (Å²) < 4.78 is 9.31. The van der Waals surface area contributed by atoms with Crippen LogP contribution in [0.3, 0.4) is 0 Å². The quantitative estimate of drug-likeness (QED) is 0.662. The van der Waals surface area contributed by atoms with E-state index >= 15 is 0 Å². The molecule has 0 aliphatic heterocycles. The van der Waals surface area contributed by atoms with Gasteiger partial charge in [-0.3, -0.25) is 0 Å². The molecule has 19 heavy (non-hydrogen) atoms. The number of aromatic amines is 1. The Hall–Kier alpha value is -2.00. The molecule has 1 aromatic heterocycles. The second kappa shape index (κ2) is 4.94. The zero-order valence-corrected chi connectivity index (χ0v) is 11.8. The highest BCUT2D eigenvalue weighted by Crippen LogP contribution is 2.26. The minimum Gasteiger partial charge on any atom is -0.399 e. The van der Waals surface area contributed by atoms with E-state index in [-0.39, 0.29) is 0 Å². The number of anilines is 1. The van der Waals surface area contributed by atoms with Crippen LogP contribution in [0.2, 0.25) is 1.41 Å². The third-order valence-corrected chi connectivity index (χ3v) is 3.52. The molecule has 0 radical (unpaired) electrons. The van der Waals surface area contributed by atoms with Gasteiger partial charge in [-0.1, -0.05) is 40.2 Å². The first-order valence-corrected chi connectivity index (χ1v) is 6.77. The summed E-state index contributed by atoms with van der Waals surface area (Å²) in [6.45, 7) is 0. The predicted octanol–water partition coefficient (Wildman–Crippen LogP) is 4.69. The molecule has 0 unspecified atom stereocenters. The highest BCUT2D eigenvalue weighted by Gasteiger charge is 2.03. The van der Waals surface area contributed by atoms with Crippen molar-refractivity contribution in [1.82, 2.24) is 4.98 Å². The monoisotopic (exact) mass is 313 g/mol. The largest absolute Gasteiger partial charge is 0.399 e. The van der Waals surface area contributed by atoms with Gasteiger partial charge in [0.25, 0.3) is 0 Å². The molecule has 0 fully saturated rings. The molecule has 2 nitrogen and oxygen atoms in total. The van der Waals surface area contributed by atoms with Gasteiger partial charge in [0.1, 0.15) is 0 Å². The van der Waals surface area contributed by atoms with Crippen molar-refractivity contribution < 1.29 is 1.41 Å². The Kier molecular flexibility index (Phi) is 2.83. The maximum atomic E-state index is 8.28. The van der Waals surface area contributed by atoms with Crippen LogP contribution in [0.5, 0.6) is 0 Å². The molecule has 0 atom stereocenters. The van der Waals surface area contributed by atoms with Crippen LogP contribution in [0.15, 0.2) is 65.1 Å². The van der Waals surface area contributed by atoms with Crippen molar-refractivity contribution in [3.8, 4) is 22.5 Å². The molecule has 0 saturated heterocycles. The van der Waals surface area contributed by atoms with Crippen molar-refractivity contribution >= 4 is 21.6 Å². The van der Waals surface area contributed by atoms with Crippen LogP contribution in [0.25, 0.3) is 22.5 Å². The topological polar surface area (TPSA) is 41.8 Å². The van der Waals surface area contributed by atoms with E-state index in [2.05, 4.69) is 15.9 Å². The number of hydrogen-bond acceptors (Lipinski definition) is 1. The number of nitrogen functional groups attached to an aromatic ring is 1. The van der Waals surface area contributed by atoms with Gasteiger partial charge in [-0.05, 0) is 47.5 Å². The SMILES string of the molecule is [2H]n1c(-c2ccc(N)cc2)ccc1-c1ccc(Br)cc1. The van der Waals surface area contributed by atoms with E-state index in [0.717, 1.165) is 32.7 Å². The lowest BCUT2D eigenvalue weighted by molar-refractivity contribution is 1.39. The number of halogens is 1. The molecule has 0 spiro atoms. The minimum absolute atomic E-state index is 0.727. The first-order chi connectivity index (χ1) is 9.65. The smallest absolute Gasteiger partial charge is 0.167 e. The highest BCUT2D eigenvalue weighted by atomic mass is 79.9. The van der Waals surface area contributed by atoms with Gasteiger partial charge in [0.05, 0.1) is 0 Å². The summed E-state index contributed by atoms with van der Waals surface area (Å²) in [6, 6.07) is 19.4. The van der Waals surface area contributed by atoms with Crippen molar-refractivity contribution in [1.29, 1.82) is 0 Å². The fraction of sp³-hybridized carbons (Fsp3) is 0. The number of nitrogens with two attached hydrogens (primary N) is 1. The summed E-state index contributed by atoms with van der Waals surface area (Å²) in [6.07, 6.45) is 0. The molecule has 94 valence electrons. The van der Waals surface area contributed by atoms with E-state index in [4.69, 9.17) is 7.15 Å². The molecule has 0 aliphatic carbocycles. The molecule has 3 aromatic rings. The number of rotatable bonds is 2. The second-order valence-corrected chi connectivity index (χ2v) is 5.26. The average Bonchev–Trinajstić information content (AvgIpc) is 2.83. The first kappa shape index (κ1) is 10.9. The Labute approximate surface area is 121 Å². The molecule has 0 aliphatic rings. The van der Waals surface area contributed by atoms with Crippen LogP contribution >= 0.6 is 15.9 Å². The number of H-pyrrole nitrogens is 1. The first-order valence-electron chi connectivity index (χ1n) is 6.43. The molecule has 0 bridgehead atoms. The lowest BCUT2D eigenvalue weighted by atomic mass is 10.1. The average molecular weight is 314 g/mol. The molecule has 3 N–H and O–H groups in total. The second-order valence-electron chi connectivity index (χ2n) is 4.34. The van der Waals surface area contributed by atoms with Gasteiger partial charge in [0.15, 0.2) is 1.41 Å². The van der Waals surface area contributed by atoms with Gasteiger partial charge in [-0.25, -0.2) is 0 Å². The van der Waals surface area contributed by atoms with Crippen molar-refractivity contribution in [2.75, 3.05) is 5.73 Å². The van der Waals surface area contributed by atoms with Crippen LogP contribution in [0, 0.1) is 0 Å². The Morgan fingerprint density at radius 1 is 0.789 bits per heavy atom. The molecule has 3 heteroatoms. The normalized spacial score (nSPS) is 11.3. The molecular formula is C16H13BrN2. The third-order valence-electron chi connectivity index (χ3n) is 2.99. The summed E-state index contributed by atoms with van der Waals surface area (Å²) in [5.74, 6) is 0. The summed E-state index contributed by atoms with van der Waals surface area (Å²) in [5, 5.41) is 0. The summed E-state index contributed by atoms with van der Waals surface area (Å²) in [4.78, 5) is 1.45. The predicted molar refractivity (Wildman–Crippen MR) is 83.8 cm³/mol. The van der Waals surface area contributed by atoms with Crippen LogP contribution < -0.4 is 5.73 Å². The maximum Gasteiger partial charge on any atom is 0.167 e. The standard InChI is InChI=1S/C16H13BrN2/c17-13-5-1-11(2-6-13)15-9-10-16(19-15)12-3-7-14(18)8-4-12/h1-10,19H,18H2/i/hD. The fourth-order valence-electron chi connectivity index (χ4n) is 1.96. The number of hydrogen-bond donors (Lipinski definition) is 2. The van der Waals surface area contributed by atoms with E-state index in [1.165, 1.54) is 4.98 Å². The maximum absolute atomic E-state index is 8.28. The van der Waals surface area contributed by atoms with Crippen molar-refractivity contribution in [2.45, 2.75) is 0 Å². The summed E-state index contributed by atoms with van der Waals surface area (Å²) in [5.41, 5.74) is 10.1. The molecular weight excluding hydrogens is 300 g/mol. The molecule has 0 amide bonds. The van der Waals surface area contributed by atoms with Gasteiger partial charge in [-0.2, -0.15) is 0 Å². The van der Waals surface area contributed by atoms with Crippen molar-refractivity contribution in [3.05, 3.63) is 65.1 Å². The van der Waals surface area contributed by atoms with Crippen molar-refractivity contribution in [3.63, 3.8) is 0 Å². The summed E-state index contributed by atoms with van der Waals surface area (Å²) in [7, 11) is 0. The number of benzene rings is 2. The van der Waals surface area contributed by atoms with Crippen LogP contribution in [-0.4, -0.2) is 4.98 Å². The van der Waals surface area contributed by atoms with Crippen molar-refractivity contribution in [2.24, 2.45) is 0 Å². The van der Waals surface area contributed by atoms with Gasteiger partial charge >= 0.3 is 0 Å². The Balaban J connectivity index is 2.04. The van der Waals surface area contributed by atoms with Crippen LogP contribution in [0.4, 0.5) is 5.69 Å². The molecule has 2 aromatic carbocycles. The van der Waals surface area contributed by atoms with E-state index in [9.17, 15) is 0 Å². The third kappa shape index (κ3) is 2.56. The van der Waals surface area contributed by atoms with E-state index in [1.54, 1.807) is 0 Å². The van der Waals surface area contributed by atoms with Gasteiger partial charge in [0, 0.05) is 21.5 Å². The Bertz CT molecular complexity index is 667. The van der Waals surface area contributed by atoms with Gasteiger partial charge in [0.2, 0.25) is 0 Å². The lowest BCUT2D eigenvalue weighted by Gasteiger charge is -2.01. The Morgan fingerprint density at radius 2 is 1.26 bits per heavy atom. The molecule has 3 rings (SSSR count). The lowest BCUT2D eigenvalue weighted by Crippen LogP contribution is -1.84. The highest BCUT2D eigenvalue weighted by molar-refractivity contribution is 9.10. The van der Waals surface area contributed by atoms with Crippen LogP contribution in [0.1, 0.15) is 0 Å². The van der Waals surface area contributed by atoms with Gasteiger partial charge in [-0.15, -0.1) is 0 Å². The molecule has 1 heterocycles.